The summed E-state index contributed by atoms with van der Waals surface area (Å²) < 4.78 is 33.0. The monoisotopic (exact) mass is 410 g/mol. The van der Waals surface area contributed by atoms with Gasteiger partial charge < -0.3 is 9.09 Å². The smallest absolute Gasteiger partial charge is 0.253 e. The lowest BCUT2D eigenvalue weighted by Crippen LogP contribution is -2.17. The third-order valence-corrected chi connectivity index (χ3v) is 9.70. The maximum Gasteiger partial charge on any atom is 0.253 e. The Morgan fingerprint density at radius 2 is 1.14 bits per heavy atom. The first-order valence-electron chi connectivity index (χ1n) is 9.26. The lowest BCUT2D eigenvalue weighted by atomic mass is 10.4. The van der Waals surface area contributed by atoms with Crippen LogP contribution in [0.4, 0.5) is 0 Å². The highest BCUT2D eigenvalue weighted by atomic mass is 31.2. The minimum atomic E-state index is -3.14. The molecule has 0 aliphatic rings. The molecule has 144 valence electrons. The third-order valence-electron chi connectivity index (χ3n) is 4.45. The van der Waals surface area contributed by atoms with Crippen LogP contribution >= 0.6 is 14.5 Å². The molecule has 3 aromatic rings. The van der Waals surface area contributed by atoms with E-state index in [1.165, 1.54) is 0 Å². The summed E-state index contributed by atoms with van der Waals surface area (Å²) in [5.74, 6) is 1.60. The number of benzene rings is 3. The Bertz CT molecular complexity index is 956. The largest absolute Gasteiger partial charge is 0.323 e. The quantitative estimate of drug-likeness (QED) is 0.482. The molecular formula is C23H24O3P2. The highest BCUT2D eigenvalue weighted by Gasteiger charge is 2.27. The average Bonchev–Trinajstić information content (AvgIpc) is 2.76. The van der Waals surface area contributed by atoms with Crippen LogP contribution in [0.2, 0.25) is 0 Å². The molecule has 0 saturated heterocycles. The molecule has 0 spiro atoms. The molecule has 28 heavy (non-hydrogen) atoms. The van der Waals surface area contributed by atoms with Gasteiger partial charge in [0.15, 0.2) is 0 Å². The van der Waals surface area contributed by atoms with Crippen LogP contribution in [0.25, 0.3) is 0 Å². The average molecular weight is 410 g/mol. The van der Waals surface area contributed by atoms with Crippen molar-refractivity contribution in [2.45, 2.75) is 6.92 Å². The van der Waals surface area contributed by atoms with Crippen LogP contribution in [0.15, 0.2) is 103 Å². The second-order valence-corrected chi connectivity index (χ2v) is 11.5. The highest BCUT2D eigenvalue weighted by Crippen LogP contribution is 2.49. The van der Waals surface area contributed by atoms with Gasteiger partial charge >= 0.3 is 0 Å². The lowest BCUT2D eigenvalue weighted by molar-refractivity contribution is 0.347. The number of rotatable bonds is 8. The molecule has 1 unspecified atom stereocenters. The molecule has 0 amide bonds. The van der Waals surface area contributed by atoms with Gasteiger partial charge in [-0.1, -0.05) is 84.9 Å². The third kappa shape index (κ3) is 4.62. The Kier molecular flexibility index (Phi) is 6.86. The Labute approximate surface area is 166 Å². The van der Waals surface area contributed by atoms with Gasteiger partial charge in [0.05, 0.1) is 6.61 Å². The summed E-state index contributed by atoms with van der Waals surface area (Å²) >= 11 is 0. The van der Waals surface area contributed by atoms with E-state index in [0.29, 0.717) is 11.9 Å². The van der Waals surface area contributed by atoms with Crippen molar-refractivity contribution in [3.63, 3.8) is 0 Å². The molecule has 0 aliphatic heterocycles. The van der Waals surface area contributed by atoms with Crippen molar-refractivity contribution >= 4 is 30.4 Å². The zero-order chi connectivity index (χ0) is 19.9. The SMILES string of the molecule is CCOP(=O)(/C=C/CP(=O)(c1ccccc1)c1ccccc1)c1ccccc1. The van der Waals surface area contributed by atoms with E-state index in [0.717, 1.165) is 10.6 Å². The Morgan fingerprint density at radius 1 is 0.714 bits per heavy atom. The molecule has 0 aromatic heterocycles. The van der Waals surface area contributed by atoms with Crippen LogP contribution in [0.5, 0.6) is 0 Å². The molecule has 5 heteroatoms. The summed E-state index contributed by atoms with van der Waals surface area (Å²) in [6, 6.07) is 28.1. The van der Waals surface area contributed by atoms with E-state index in [2.05, 4.69) is 0 Å². The normalized spacial score (nSPS) is 14.0. The summed E-state index contributed by atoms with van der Waals surface area (Å²) in [5.41, 5.74) is 0. The van der Waals surface area contributed by atoms with Crippen molar-refractivity contribution in [3.05, 3.63) is 103 Å². The summed E-state index contributed by atoms with van der Waals surface area (Å²) in [5, 5.41) is 2.22. The maximum absolute atomic E-state index is 14.0. The molecule has 0 fully saturated rings. The molecule has 0 radical (unpaired) electrons. The predicted molar refractivity (Wildman–Crippen MR) is 119 cm³/mol. The summed E-state index contributed by atoms with van der Waals surface area (Å²) in [4.78, 5) is 0. The van der Waals surface area contributed by atoms with Crippen LogP contribution in [0.1, 0.15) is 6.92 Å². The maximum atomic E-state index is 14.0. The van der Waals surface area contributed by atoms with Crippen LogP contribution in [-0.4, -0.2) is 12.8 Å². The predicted octanol–water partition coefficient (Wildman–Crippen LogP) is 5.15. The standard InChI is InChI=1S/C23H24O3P2/c1-2-26-28(25,23-17-10-5-11-18-23)20-12-19-27(24,21-13-6-3-7-14-21)22-15-8-4-9-16-22/h3-18,20H,2,19H2,1H3/b20-12+. The minimum absolute atomic E-state index is 0.283. The van der Waals surface area contributed by atoms with Crippen molar-refractivity contribution in [3.8, 4) is 0 Å². The van der Waals surface area contributed by atoms with Gasteiger partial charge in [-0.2, -0.15) is 0 Å². The first-order chi connectivity index (χ1) is 13.6. The van der Waals surface area contributed by atoms with Gasteiger partial charge in [0, 0.05) is 27.9 Å². The number of hydrogen-bond acceptors (Lipinski definition) is 3. The van der Waals surface area contributed by atoms with Crippen molar-refractivity contribution in [2.24, 2.45) is 0 Å². The second kappa shape index (κ2) is 9.34. The molecule has 0 heterocycles. The fourth-order valence-electron chi connectivity index (χ4n) is 3.06. The minimum Gasteiger partial charge on any atom is -0.323 e. The fourth-order valence-corrected chi connectivity index (χ4v) is 7.42. The molecule has 0 N–H and O–H groups in total. The summed E-state index contributed by atoms with van der Waals surface area (Å²) in [6.45, 7) is 2.16. The molecule has 0 bridgehead atoms. The van der Waals surface area contributed by atoms with Gasteiger partial charge in [0.25, 0.3) is 7.37 Å². The van der Waals surface area contributed by atoms with Gasteiger partial charge in [-0.15, -0.1) is 0 Å². The van der Waals surface area contributed by atoms with Crippen molar-refractivity contribution in [2.75, 3.05) is 12.8 Å². The number of hydrogen-bond donors (Lipinski definition) is 0. The lowest BCUT2D eigenvalue weighted by Gasteiger charge is -2.18. The van der Waals surface area contributed by atoms with Gasteiger partial charge in [0.2, 0.25) is 0 Å². The van der Waals surface area contributed by atoms with E-state index in [1.807, 2.05) is 85.8 Å². The van der Waals surface area contributed by atoms with Gasteiger partial charge in [-0.25, -0.2) is 0 Å². The Hall–Kier alpha value is -2.18. The topological polar surface area (TPSA) is 43.4 Å². The zero-order valence-corrected chi connectivity index (χ0v) is 17.6. The van der Waals surface area contributed by atoms with Crippen LogP contribution in [0, 0.1) is 0 Å². The molecule has 1 atom stereocenters. The second-order valence-electron chi connectivity index (χ2n) is 6.33. The molecular weight excluding hydrogens is 386 g/mol. The molecule has 0 aliphatic carbocycles. The van der Waals surface area contributed by atoms with Gasteiger partial charge in [-0.05, 0) is 19.1 Å². The summed E-state index contributed by atoms with van der Waals surface area (Å²) in [7, 11) is -6.03. The zero-order valence-electron chi connectivity index (χ0n) is 15.8. The molecule has 3 nitrogen and oxygen atoms in total. The van der Waals surface area contributed by atoms with Crippen LogP contribution in [-0.2, 0) is 13.7 Å². The Morgan fingerprint density at radius 3 is 1.57 bits per heavy atom. The van der Waals surface area contributed by atoms with Gasteiger partial charge in [0.1, 0.15) is 7.14 Å². The van der Waals surface area contributed by atoms with E-state index < -0.39 is 14.5 Å². The molecule has 3 rings (SSSR count). The molecule has 3 aromatic carbocycles. The summed E-state index contributed by atoms with van der Waals surface area (Å²) in [6.07, 6.45) is 2.04. The van der Waals surface area contributed by atoms with Gasteiger partial charge in [-0.3, -0.25) is 4.57 Å². The van der Waals surface area contributed by atoms with Crippen molar-refractivity contribution < 1.29 is 13.7 Å². The van der Waals surface area contributed by atoms with Crippen LogP contribution in [0.3, 0.4) is 0 Å². The first kappa shape index (κ1) is 20.6. The highest BCUT2D eigenvalue weighted by molar-refractivity contribution is 7.79. The van der Waals surface area contributed by atoms with E-state index in [1.54, 1.807) is 24.0 Å². The Balaban J connectivity index is 1.96. The van der Waals surface area contributed by atoms with E-state index in [9.17, 15) is 9.13 Å². The van der Waals surface area contributed by atoms with Crippen molar-refractivity contribution in [1.29, 1.82) is 0 Å². The first-order valence-corrected chi connectivity index (χ1v) is 12.8. The van der Waals surface area contributed by atoms with E-state index >= 15 is 0 Å². The van der Waals surface area contributed by atoms with Crippen molar-refractivity contribution in [1.82, 2.24) is 0 Å². The van der Waals surface area contributed by atoms with Crippen LogP contribution < -0.4 is 15.9 Å². The number of allylic oxidation sites excluding steroid dienone is 1. The fraction of sp³-hybridized carbons (Fsp3) is 0.130. The molecule has 0 saturated carbocycles. The van der Waals surface area contributed by atoms with E-state index in [4.69, 9.17) is 4.52 Å². The van der Waals surface area contributed by atoms with E-state index in [-0.39, 0.29) is 6.16 Å².